The van der Waals surface area contributed by atoms with Gasteiger partial charge in [0.2, 0.25) is 0 Å². The second kappa shape index (κ2) is 8.35. The quantitative estimate of drug-likeness (QED) is 0.398. The van der Waals surface area contributed by atoms with Crippen LogP contribution in [0.5, 0.6) is 0 Å². The SMILES string of the molecule is N#CC1CCN(c2cncc(-c3cn(Cc4cn5cc(CNCC67CC(F)(C6)C7)ccc5n4)nn3)c2)C1. The number of nitriles is 1. The Morgan fingerprint density at radius 3 is 2.86 bits per heavy atom. The molecular weight excluding hydrogens is 469 g/mol. The molecule has 0 radical (unpaired) electrons. The minimum absolute atomic E-state index is 0.0742. The predicted molar refractivity (Wildman–Crippen MR) is 135 cm³/mol. The summed E-state index contributed by atoms with van der Waals surface area (Å²) in [6.45, 7) is 3.76. The van der Waals surface area contributed by atoms with E-state index in [0.717, 1.165) is 80.1 Å². The third-order valence-electron chi connectivity index (χ3n) is 8.08. The lowest BCUT2D eigenvalue weighted by Gasteiger charge is -2.66. The molecule has 3 aliphatic carbocycles. The van der Waals surface area contributed by atoms with Crippen LogP contribution in [0.25, 0.3) is 16.9 Å². The van der Waals surface area contributed by atoms with Crippen molar-refractivity contribution in [3.8, 4) is 17.3 Å². The Balaban J connectivity index is 1.00. The molecule has 9 nitrogen and oxygen atoms in total. The fourth-order valence-electron chi connectivity index (χ4n) is 6.31. The lowest BCUT2D eigenvalue weighted by Crippen LogP contribution is -2.67. The average molecular weight is 498 g/mol. The van der Waals surface area contributed by atoms with E-state index in [-0.39, 0.29) is 11.3 Å². The molecule has 5 heterocycles. The molecule has 1 saturated heterocycles. The maximum Gasteiger partial charge on any atom is 0.137 e. The number of rotatable bonds is 8. The third-order valence-corrected chi connectivity index (χ3v) is 8.08. The number of imidazole rings is 1. The van der Waals surface area contributed by atoms with Crippen molar-refractivity contribution in [1.29, 1.82) is 5.26 Å². The number of nitrogens with zero attached hydrogens (tertiary/aromatic N) is 8. The van der Waals surface area contributed by atoms with Gasteiger partial charge in [-0.1, -0.05) is 11.3 Å². The monoisotopic (exact) mass is 497 g/mol. The first-order chi connectivity index (χ1) is 18.0. The molecule has 4 aliphatic rings. The van der Waals surface area contributed by atoms with E-state index in [4.69, 9.17) is 4.98 Å². The maximum atomic E-state index is 13.7. The molecule has 3 saturated carbocycles. The summed E-state index contributed by atoms with van der Waals surface area (Å²) in [5, 5.41) is 21.4. The molecule has 10 heteroatoms. The zero-order valence-corrected chi connectivity index (χ0v) is 20.5. The number of fused-ring (bicyclic) bond motifs is 1. The van der Waals surface area contributed by atoms with Crippen molar-refractivity contribution < 1.29 is 4.39 Å². The maximum absolute atomic E-state index is 13.7. The average Bonchev–Trinajstić information content (AvgIpc) is 3.62. The van der Waals surface area contributed by atoms with Gasteiger partial charge >= 0.3 is 0 Å². The minimum Gasteiger partial charge on any atom is -0.369 e. The Morgan fingerprint density at radius 1 is 1.16 bits per heavy atom. The summed E-state index contributed by atoms with van der Waals surface area (Å²) in [7, 11) is 0. The Hall–Kier alpha value is -3.84. The van der Waals surface area contributed by atoms with Crippen LogP contribution < -0.4 is 10.2 Å². The molecule has 4 aromatic rings. The van der Waals surface area contributed by atoms with Crippen molar-refractivity contribution in [3.63, 3.8) is 0 Å². The molecule has 1 unspecified atom stereocenters. The zero-order chi connectivity index (χ0) is 25.0. The Labute approximate surface area is 213 Å². The van der Waals surface area contributed by atoms with Crippen molar-refractivity contribution >= 4 is 11.3 Å². The van der Waals surface area contributed by atoms with Crippen LogP contribution in [0.15, 0.2) is 49.2 Å². The van der Waals surface area contributed by atoms with E-state index in [2.05, 4.69) is 49.9 Å². The second-order valence-corrected chi connectivity index (χ2v) is 11.1. The Kier molecular flexibility index (Phi) is 5.05. The van der Waals surface area contributed by atoms with Crippen LogP contribution in [0.3, 0.4) is 0 Å². The van der Waals surface area contributed by atoms with Gasteiger partial charge in [-0.3, -0.25) is 4.98 Å². The summed E-state index contributed by atoms with van der Waals surface area (Å²) in [5.74, 6) is 0.0742. The molecule has 1 atom stereocenters. The summed E-state index contributed by atoms with van der Waals surface area (Å²) in [6, 6.07) is 8.53. The van der Waals surface area contributed by atoms with Gasteiger partial charge in [0.25, 0.3) is 0 Å². The van der Waals surface area contributed by atoms with Gasteiger partial charge < -0.3 is 14.6 Å². The summed E-state index contributed by atoms with van der Waals surface area (Å²) in [4.78, 5) is 11.3. The largest absolute Gasteiger partial charge is 0.369 e. The molecule has 0 amide bonds. The molecule has 37 heavy (non-hydrogen) atoms. The van der Waals surface area contributed by atoms with Gasteiger partial charge in [-0.25, -0.2) is 14.1 Å². The van der Waals surface area contributed by atoms with Gasteiger partial charge in [0.05, 0.1) is 42.3 Å². The molecule has 4 fully saturated rings. The molecule has 0 aromatic carbocycles. The standard InChI is InChI=1S/C27H28FN9/c28-27-15-26(16-27,17-27)18-31-7-20-1-2-25-32-22(12-36(25)11-20)13-37-14-24(33-34-37)21-5-23(9-30-8-21)35-4-3-19(6-29)10-35/h1-2,5,8-9,11-12,14,19,31H,3-4,7,10,13,15-18H2. The van der Waals surface area contributed by atoms with Crippen LogP contribution in [0.2, 0.25) is 0 Å². The van der Waals surface area contributed by atoms with Crippen LogP contribution in [0.4, 0.5) is 10.1 Å². The highest BCUT2D eigenvalue weighted by molar-refractivity contribution is 5.63. The smallest absolute Gasteiger partial charge is 0.137 e. The van der Waals surface area contributed by atoms with E-state index in [1.54, 1.807) is 10.9 Å². The number of hydrogen-bond acceptors (Lipinski definition) is 7. The van der Waals surface area contributed by atoms with Gasteiger partial charge in [-0.05, 0) is 48.8 Å². The molecule has 8 rings (SSSR count). The molecule has 4 aromatic heterocycles. The summed E-state index contributed by atoms with van der Waals surface area (Å²) in [5.41, 5.74) is 4.99. The zero-order valence-electron chi connectivity index (χ0n) is 20.5. The summed E-state index contributed by atoms with van der Waals surface area (Å²) < 4.78 is 17.6. The summed E-state index contributed by atoms with van der Waals surface area (Å²) >= 11 is 0. The van der Waals surface area contributed by atoms with Crippen LogP contribution in [0, 0.1) is 22.7 Å². The highest BCUT2D eigenvalue weighted by Crippen LogP contribution is 2.69. The predicted octanol–water partition coefficient (Wildman–Crippen LogP) is 3.37. The van der Waals surface area contributed by atoms with Crippen molar-refractivity contribution in [3.05, 3.63) is 60.4 Å². The van der Waals surface area contributed by atoms with Gasteiger partial charge in [0, 0.05) is 50.3 Å². The fraction of sp³-hybridized carbons (Fsp3) is 0.444. The van der Waals surface area contributed by atoms with E-state index in [1.165, 1.54) is 5.56 Å². The number of aromatic nitrogens is 6. The number of anilines is 1. The number of alkyl halides is 1. The first-order valence-electron chi connectivity index (χ1n) is 12.8. The fourth-order valence-corrected chi connectivity index (χ4v) is 6.31. The Bertz CT molecular complexity index is 1500. The molecule has 0 spiro atoms. The number of nitrogens with one attached hydrogen (secondary N) is 1. The van der Waals surface area contributed by atoms with E-state index in [0.29, 0.717) is 6.54 Å². The molecule has 188 valence electrons. The second-order valence-electron chi connectivity index (χ2n) is 11.1. The first-order valence-corrected chi connectivity index (χ1v) is 12.8. The van der Waals surface area contributed by atoms with E-state index >= 15 is 0 Å². The molecule has 1 N–H and O–H groups in total. The lowest BCUT2D eigenvalue weighted by atomic mass is 9.42. The number of pyridine rings is 2. The van der Waals surface area contributed by atoms with Crippen molar-refractivity contribution in [2.75, 3.05) is 24.5 Å². The molecular formula is C27H28FN9. The van der Waals surface area contributed by atoms with E-state index in [1.807, 2.05) is 29.1 Å². The van der Waals surface area contributed by atoms with Crippen LogP contribution in [-0.2, 0) is 13.1 Å². The minimum atomic E-state index is -0.837. The highest BCUT2D eigenvalue weighted by Gasteiger charge is 2.68. The van der Waals surface area contributed by atoms with Crippen LogP contribution in [-0.4, -0.2) is 54.7 Å². The van der Waals surface area contributed by atoms with E-state index < -0.39 is 5.67 Å². The third kappa shape index (κ3) is 4.13. The summed E-state index contributed by atoms with van der Waals surface area (Å²) in [6.07, 6.45) is 12.7. The van der Waals surface area contributed by atoms with Crippen molar-refractivity contribution in [2.24, 2.45) is 11.3 Å². The first kappa shape index (κ1) is 22.4. The number of hydrogen-bond donors (Lipinski definition) is 1. The van der Waals surface area contributed by atoms with E-state index in [9.17, 15) is 9.65 Å². The topological polar surface area (TPSA) is 100.0 Å². The van der Waals surface area contributed by atoms with Gasteiger partial charge in [-0.15, -0.1) is 5.10 Å². The molecule has 1 aliphatic heterocycles. The lowest BCUT2D eigenvalue weighted by molar-refractivity contribution is -0.209. The van der Waals surface area contributed by atoms with Gasteiger partial charge in [0.15, 0.2) is 0 Å². The van der Waals surface area contributed by atoms with Crippen molar-refractivity contribution in [1.82, 2.24) is 34.7 Å². The van der Waals surface area contributed by atoms with Crippen LogP contribution >= 0.6 is 0 Å². The van der Waals surface area contributed by atoms with Crippen molar-refractivity contribution in [2.45, 2.75) is 44.4 Å². The number of halogens is 1. The van der Waals surface area contributed by atoms with Crippen LogP contribution in [0.1, 0.15) is 36.9 Å². The Morgan fingerprint density at radius 2 is 2.05 bits per heavy atom. The highest BCUT2D eigenvalue weighted by atomic mass is 19.1. The normalized spacial score (nSPS) is 26.2. The molecule has 2 bridgehead atoms. The van der Waals surface area contributed by atoms with Gasteiger partial charge in [-0.2, -0.15) is 5.26 Å². The van der Waals surface area contributed by atoms with Gasteiger partial charge in [0.1, 0.15) is 17.0 Å².